The Bertz CT molecular complexity index is 722. The van der Waals surface area contributed by atoms with E-state index >= 15 is 0 Å². The molecule has 1 saturated heterocycles. The summed E-state index contributed by atoms with van der Waals surface area (Å²) in [6.07, 6.45) is 15.1. The molecule has 1 aliphatic rings. The highest BCUT2D eigenvalue weighted by Gasteiger charge is 1.99. The first-order valence-electron chi connectivity index (χ1n) is 12.4. The molecule has 2 nitrogen and oxygen atoms in total. The zero-order chi connectivity index (χ0) is 25.5. The van der Waals surface area contributed by atoms with Gasteiger partial charge in [0.25, 0.3) is 0 Å². The Morgan fingerprint density at radius 2 is 1.47 bits per heavy atom. The molecular formula is C32H54N2. The summed E-state index contributed by atoms with van der Waals surface area (Å²) in [6.45, 7) is 26.3. The van der Waals surface area contributed by atoms with Crippen LogP contribution in [0.4, 0.5) is 0 Å². The topological polar surface area (TPSA) is 24.4 Å². The van der Waals surface area contributed by atoms with E-state index in [-0.39, 0.29) is 7.43 Å². The van der Waals surface area contributed by atoms with Crippen LogP contribution in [0.2, 0.25) is 0 Å². The van der Waals surface area contributed by atoms with Crippen molar-refractivity contribution in [2.45, 2.75) is 88.5 Å². The average molecular weight is 467 g/mol. The fourth-order valence-corrected chi connectivity index (χ4v) is 2.65. The number of allylic oxidation sites excluding steroid dienone is 7. The first-order chi connectivity index (χ1) is 15.8. The molecule has 2 heteroatoms. The third-order valence-electron chi connectivity index (χ3n) is 4.93. The lowest BCUT2D eigenvalue weighted by Crippen LogP contribution is -2.21. The van der Waals surface area contributed by atoms with Gasteiger partial charge in [-0.05, 0) is 90.6 Å². The minimum Gasteiger partial charge on any atom is -0.317 e. The zero-order valence-electron chi connectivity index (χ0n) is 22.8. The minimum absolute atomic E-state index is 0. The van der Waals surface area contributed by atoms with Gasteiger partial charge in [0, 0.05) is 11.9 Å². The van der Waals surface area contributed by atoms with Crippen LogP contribution in [0.25, 0.3) is 0 Å². The average Bonchev–Trinajstić information content (AvgIpc) is 2.85. The summed E-state index contributed by atoms with van der Waals surface area (Å²) >= 11 is 0. The van der Waals surface area contributed by atoms with Crippen molar-refractivity contribution in [3.8, 4) is 0 Å². The smallest absolute Gasteiger partial charge is 0.0395 e. The van der Waals surface area contributed by atoms with Crippen molar-refractivity contribution < 1.29 is 0 Å². The van der Waals surface area contributed by atoms with Gasteiger partial charge in [-0.1, -0.05) is 101 Å². The third-order valence-corrected chi connectivity index (χ3v) is 4.93. The Balaban J connectivity index is -0.000000463. The maximum Gasteiger partial charge on any atom is 0.0395 e. The quantitative estimate of drug-likeness (QED) is 0.252. The second-order valence-electron chi connectivity index (χ2n) is 7.84. The van der Waals surface area contributed by atoms with Crippen LogP contribution < -0.4 is 5.32 Å². The van der Waals surface area contributed by atoms with E-state index in [0.717, 1.165) is 23.3 Å². The fraction of sp³-hybridized carbons (Fsp3) is 0.469. The largest absolute Gasteiger partial charge is 0.317 e. The van der Waals surface area contributed by atoms with Crippen LogP contribution in [-0.2, 0) is 0 Å². The monoisotopic (exact) mass is 466 g/mol. The number of hydrogen-bond acceptors (Lipinski definition) is 2. The predicted molar refractivity (Wildman–Crippen MR) is 160 cm³/mol. The highest BCUT2D eigenvalue weighted by molar-refractivity contribution is 5.97. The molecule has 0 aromatic heterocycles. The predicted octanol–water partition coefficient (Wildman–Crippen LogP) is 9.73. The normalized spacial score (nSPS) is 13.7. The molecule has 0 spiro atoms. The van der Waals surface area contributed by atoms with Gasteiger partial charge in [-0.25, -0.2) is 0 Å². The van der Waals surface area contributed by atoms with Crippen molar-refractivity contribution in [1.82, 2.24) is 5.32 Å². The van der Waals surface area contributed by atoms with Gasteiger partial charge in [-0.15, -0.1) is 0 Å². The molecule has 0 atom stereocenters. The number of benzene rings is 1. The molecule has 1 aromatic rings. The molecule has 1 aliphatic heterocycles. The SMILES string of the molecule is C.C1CCNCC1.C=CC(=C\C)/C(=C/N=C(C)C(=C)C)C/C=C\C.CC.Cc1ccc(C)cc1. The Kier molecular flexibility index (Phi) is 26.8. The molecule has 192 valence electrons. The molecule has 0 radical (unpaired) electrons. The van der Waals surface area contributed by atoms with Gasteiger partial charge in [0.05, 0.1) is 0 Å². The van der Waals surface area contributed by atoms with E-state index in [1.54, 1.807) is 0 Å². The first-order valence-corrected chi connectivity index (χ1v) is 12.4. The second kappa shape index (κ2) is 25.2. The zero-order valence-corrected chi connectivity index (χ0v) is 22.8. The number of piperidine rings is 1. The van der Waals surface area contributed by atoms with Crippen LogP contribution in [0.1, 0.15) is 85.8 Å². The van der Waals surface area contributed by atoms with E-state index in [0.29, 0.717) is 0 Å². The number of aryl methyl sites for hydroxylation is 2. The molecule has 1 fully saturated rings. The van der Waals surface area contributed by atoms with Crippen molar-refractivity contribution in [2.75, 3.05) is 13.1 Å². The summed E-state index contributed by atoms with van der Waals surface area (Å²) in [5.74, 6) is 0. The van der Waals surface area contributed by atoms with Crippen molar-refractivity contribution in [3.63, 3.8) is 0 Å². The van der Waals surface area contributed by atoms with Crippen molar-refractivity contribution in [1.29, 1.82) is 0 Å². The van der Waals surface area contributed by atoms with Crippen LogP contribution in [0.3, 0.4) is 0 Å². The van der Waals surface area contributed by atoms with Crippen molar-refractivity contribution in [3.05, 3.63) is 95.8 Å². The van der Waals surface area contributed by atoms with Gasteiger partial charge < -0.3 is 5.32 Å². The van der Waals surface area contributed by atoms with E-state index in [2.05, 4.69) is 67.7 Å². The Hall–Kier alpha value is -2.45. The van der Waals surface area contributed by atoms with E-state index in [1.165, 1.54) is 49.1 Å². The summed E-state index contributed by atoms with van der Waals surface area (Å²) < 4.78 is 0. The summed E-state index contributed by atoms with van der Waals surface area (Å²) in [6, 6.07) is 8.48. The summed E-state index contributed by atoms with van der Waals surface area (Å²) in [5.41, 5.74) is 6.91. The maximum absolute atomic E-state index is 4.43. The van der Waals surface area contributed by atoms with E-state index in [1.807, 2.05) is 66.0 Å². The van der Waals surface area contributed by atoms with Crippen LogP contribution in [0.5, 0.6) is 0 Å². The van der Waals surface area contributed by atoms with E-state index < -0.39 is 0 Å². The molecule has 0 unspecified atom stereocenters. The van der Waals surface area contributed by atoms with Gasteiger partial charge in [0.1, 0.15) is 0 Å². The van der Waals surface area contributed by atoms with Gasteiger partial charge in [-0.2, -0.15) is 0 Å². The number of nitrogens with one attached hydrogen (secondary N) is 1. The summed E-state index contributed by atoms with van der Waals surface area (Å²) in [4.78, 5) is 4.43. The molecule has 0 aliphatic carbocycles. The molecule has 2 rings (SSSR count). The minimum atomic E-state index is 0. The molecule has 0 bridgehead atoms. The van der Waals surface area contributed by atoms with E-state index in [4.69, 9.17) is 0 Å². The van der Waals surface area contributed by atoms with Crippen LogP contribution in [0.15, 0.2) is 89.6 Å². The lowest BCUT2D eigenvalue weighted by atomic mass is 10.0. The van der Waals surface area contributed by atoms with Crippen LogP contribution >= 0.6 is 0 Å². The second-order valence-corrected chi connectivity index (χ2v) is 7.84. The molecule has 1 N–H and O–H groups in total. The third kappa shape index (κ3) is 20.2. The van der Waals surface area contributed by atoms with Crippen LogP contribution in [-0.4, -0.2) is 18.8 Å². The number of nitrogens with zero attached hydrogens (tertiary/aromatic N) is 1. The molecule has 0 amide bonds. The molecule has 34 heavy (non-hydrogen) atoms. The fourth-order valence-electron chi connectivity index (χ4n) is 2.65. The van der Waals surface area contributed by atoms with Crippen molar-refractivity contribution in [2.24, 2.45) is 4.99 Å². The standard InChI is InChI=1S/C16H23N.C8H10.C5H11N.C2H6.CH4/c1-7-10-11-16(15(8-2)9-3)12-17-14(6)13(4)5;1-7-3-5-8(2)6-4-7;1-2-4-6-5-3-1;1-2;/h7-10,12H,2,4,11H2,1,3,5-6H3;3-6H,1-2H3;6H,1-5H2;1-2H3;1H4/b10-7-,15-9+,16-12+,17-14?;;;;. The Morgan fingerprint density at radius 3 is 1.76 bits per heavy atom. The lowest BCUT2D eigenvalue weighted by molar-refractivity contribution is 0.520. The van der Waals surface area contributed by atoms with Gasteiger partial charge in [0.15, 0.2) is 0 Å². The number of hydrogen-bond donors (Lipinski definition) is 1. The van der Waals surface area contributed by atoms with Crippen LogP contribution in [0, 0.1) is 13.8 Å². The van der Waals surface area contributed by atoms with Gasteiger partial charge in [-0.3, -0.25) is 4.99 Å². The number of aliphatic imine (C=N–C) groups is 1. The highest BCUT2D eigenvalue weighted by atomic mass is 14.9. The molecular weight excluding hydrogens is 412 g/mol. The van der Waals surface area contributed by atoms with Gasteiger partial charge >= 0.3 is 0 Å². The first kappa shape index (κ1) is 36.1. The summed E-state index contributed by atoms with van der Waals surface area (Å²) in [5, 5.41) is 3.28. The number of rotatable bonds is 6. The molecule has 1 aromatic carbocycles. The Morgan fingerprint density at radius 1 is 0.971 bits per heavy atom. The Labute approximate surface area is 213 Å². The molecule has 0 saturated carbocycles. The van der Waals surface area contributed by atoms with Gasteiger partial charge in [0.2, 0.25) is 0 Å². The summed E-state index contributed by atoms with van der Waals surface area (Å²) in [7, 11) is 0. The maximum atomic E-state index is 4.43. The lowest BCUT2D eigenvalue weighted by Gasteiger charge is -2.08. The highest BCUT2D eigenvalue weighted by Crippen LogP contribution is 2.16. The van der Waals surface area contributed by atoms with E-state index in [9.17, 15) is 0 Å². The van der Waals surface area contributed by atoms with Crippen molar-refractivity contribution >= 4 is 5.71 Å². The molecule has 1 heterocycles.